The summed E-state index contributed by atoms with van der Waals surface area (Å²) in [7, 11) is 0. The van der Waals surface area contributed by atoms with Gasteiger partial charge in [0.1, 0.15) is 0 Å². The molecule has 1 spiro atoms. The van der Waals surface area contributed by atoms with Gasteiger partial charge in [-0.15, -0.1) is 0 Å². The van der Waals surface area contributed by atoms with Gasteiger partial charge in [0.25, 0.3) is 5.91 Å². The zero-order chi connectivity index (χ0) is 14.4. The first kappa shape index (κ1) is 13.0. The number of carbonyl (C=O) groups excluding carboxylic acids is 1. The molecule has 1 amide bonds. The molecule has 0 unspecified atom stereocenters. The van der Waals surface area contributed by atoms with Gasteiger partial charge in [0.2, 0.25) is 0 Å². The second-order valence-electron chi connectivity index (χ2n) is 5.55. The van der Waals surface area contributed by atoms with Gasteiger partial charge in [-0.05, 0) is 30.7 Å². The topological polar surface area (TPSA) is 47.4 Å². The quantitative estimate of drug-likeness (QED) is 0.836. The van der Waals surface area contributed by atoms with Crippen LogP contribution in [0, 0.1) is 0 Å². The molecule has 2 fully saturated rings. The fraction of sp³-hybridized carbons (Fsp3) is 0.333. The third-order valence-electron chi connectivity index (χ3n) is 4.24. The summed E-state index contributed by atoms with van der Waals surface area (Å²) in [6.45, 7) is 2.11. The summed E-state index contributed by atoms with van der Waals surface area (Å²) in [6, 6.07) is 9.59. The number of ether oxygens (including phenoxy) is 1. The lowest BCUT2D eigenvalue weighted by atomic mass is 9.82. The van der Waals surface area contributed by atoms with E-state index >= 15 is 0 Å². The third kappa shape index (κ3) is 2.01. The van der Waals surface area contributed by atoms with Crippen LogP contribution in [0.3, 0.4) is 0 Å². The molecule has 6 heteroatoms. The Labute approximate surface area is 130 Å². The lowest BCUT2D eigenvalue weighted by Gasteiger charge is -2.57. The van der Waals surface area contributed by atoms with Gasteiger partial charge in [0, 0.05) is 17.2 Å². The molecular formula is C15H14BrN3O2. The normalized spacial score (nSPS) is 19.2. The van der Waals surface area contributed by atoms with Crippen molar-refractivity contribution in [3.63, 3.8) is 0 Å². The summed E-state index contributed by atoms with van der Waals surface area (Å²) in [5.74, 6) is -0.00158. The van der Waals surface area contributed by atoms with Gasteiger partial charge in [-0.3, -0.25) is 4.79 Å². The Morgan fingerprint density at radius 3 is 2.81 bits per heavy atom. The highest BCUT2D eigenvalue weighted by molar-refractivity contribution is 9.10. The lowest BCUT2D eigenvalue weighted by Crippen LogP contribution is -2.72. The van der Waals surface area contributed by atoms with Crippen molar-refractivity contribution in [3.8, 4) is 5.69 Å². The minimum absolute atomic E-state index is 0.00158. The largest absolute Gasteiger partial charge is 0.376 e. The van der Waals surface area contributed by atoms with Crippen LogP contribution in [-0.2, 0) is 4.74 Å². The first-order valence-electron chi connectivity index (χ1n) is 6.89. The predicted octanol–water partition coefficient (Wildman–Crippen LogP) is 2.25. The standard InChI is InChI=1S/C15H14BrN3O2/c16-11-2-1-3-12(8-11)19-6-4-13(17-19)14(20)18-7-5-15(18)9-21-10-15/h1-4,6,8H,5,7,9-10H2. The van der Waals surface area contributed by atoms with Crippen LogP contribution in [0.2, 0.25) is 0 Å². The Morgan fingerprint density at radius 1 is 1.33 bits per heavy atom. The van der Waals surface area contributed by atoms with E-state index in [1.165, 1.54) is 0 Å². The van der Waals surface area contributed by atoms with Gasteiger partial charge in [0.15, 0.2) is 5.69 Å². The second kappa shape index (κ2) is 4.68. The van der Waals surface area contributed by atoms with E-state index in [2.05, 4.69) is 21.0 Å². The number of amides is 1. The maximum Gasteiger partial charge on any atom is 0.274 e. The fourth-order valence-electron chi connectivity index (χ4n) is 2.83. The molecule has 21 heavy (non-hydrogen) atoms. The predicted molar refractivity (Wildman–Crippen MR) is 80.5 cm³/mol. The van der Waals surface area contributed by atoms with Gasteiger partial charge in [-0.2, -0.15) is 5.10 Å². The minimum atomic E-state index is -0.0450. The number of likely N-dealkylation sites (tertiary alicyclic amines) is 1. The van der Waals surface area contributed by atoms with Crippen LogP contribution in [0.25, 0.3) is 5.69 Å². The molecule has 0 saturated carbocycles. The zero-order valence-corrected chi connectivity index (χ0v) is 12.9. The second-order valence-corrected chi connectivity index (χ2v) is 6.47. The van der Waals surface area contributed by atoms with Crippen molar-refractivity contribution in [1.82, 2.24) is 14.7 Å². The van der Waals surface area contributed by atoms with Crippen molar-refractivity contribution >= 4 is 21.8 Å². The number of hydrogen-bond acceptors (Lipinski definition) is 3. The molecule has 0 aliphatic carbocycles. The van der Waals surface area contributed by atoms with E-state index in [0.717, 1.165) is 23.1 Å². The average molecular weight is 348 g/mol. The first-order chi connectivity index (χ1) is 10.2. The summed E-state index contributed by atoms with van der Waals surface area (Å²) in [5, 5.41) is 4.41. The Balaban J connectivity index is 1.58. The van der Waals surface area contributed by atoms with E-state index in [1.54, 1.807) is 10.7 Å². The van der Waals surface area contributed by atoms with Crippen LogP contribution in [-0.4, -0.2) is 45.9 Å². The van der Waals surface area contributed by atoms with E-state index < -0.39 is 0 Å². The van der Waals surface area contributed by atoms with Gasteiger partial charge in [0.05, 0.1) is 24.4 Å². The monoisotopic (exact) mass is 347 g/mol. The molecule has 108 valence electrons. The van der Waals surface area contributed by atoms with E-state index in [0.29, 0.717) is 18.9 Å². The number of hydrogen-bond donors (Lipinski definition) is 0. The molecule has 2 aliphatic rings. The van der Waals surface area contributed by atoms with Crippen LogP contribution < -0.4 is 0 Å². The van der Waals surface area contributed by atoms with Gasteiger partial charge < -0.3 is 9.64 Å². The number of halogens is 1. The molecule has 5 nitrogen and oxygen atoms in total. The number of aromatic nitrogens is 2. The minimum Gasteiger partial charge on any atom is -0.376 e. The van der Waals surface area contributed by atoms with E-state index in [4.69, 9.17) is 4.74 Å². The van der Waals surface area contributed by atoms with Gasteiger partial charge in [-0.25, -0.2) is 4.68 Å². The maximum atomic E-state index is 12.5. The summed E-state index contributed by atoms with van der Waals surface area (Å²) < 4.78 is 7.97. The highest BCUT2D eigenvalue weighted by Gasteiger charge is 2.53. The number of rotatable bonds is 2. The molecule has 0 N–H and O–H groups in total. The maximum absolute atomic E-state index is 12.5. The molecule has 0 bridgehead atoms. The SMILES string of the molecule is O=C(c1ccn(-c2cccc(Br)c2)n1)N1CCC12COC2. The molecule has 0 radical (unpaired) electrons. The van der Waals surface area contributed by atoms with Crippen LogP contribution in [0.1, 0.15) is 16.9 Å². The molecule has 1 aromatic carbocycles. The zero-order valence-electron chi connectivity index (χ0n) is 11.3. The Morgan fingerprint density at radius 2 is 2.19 bits per heavy atom. The molecule has 3 heterocycles. The van der Waals surface area contributed by atoms with Crippen molar-refractivity contribution in [2.75, 3.05) is 19.8 Å². The van der Waals surface area contributed by atoms with Crippen molar-refractivity contribution in [2.45, 2.75) is 12.0 Å². The van der Waals surface area contributed by atoms with Crippen LogP contribution in [0.5, 0.6) is 0 Å². The molecule has 2 aromatic rings. The smallest absolute Gasteiger partial charge is 0.274 e. The summed E-state index contributed by atoms with van der Waals surface area (Å²) >= 11 is 3.44. The first-order valence-corrected chi connectivity index (χ1v) is 7.69. The Bertz CT molecular complexity index is 703. The van der Waals surface area contributed by atoms with E-state index in [-0.39, 0.29) is 11.4 Å². The summed E-state index contributed by atoms with van der Waals surface area (Å²) in [6.07, 6.45) is 2.85. The van der Waals surface area contributed by atoms with Crippen LogP contribution in [0.15, 0.2) is 41.0 Å². The summed E-state index contributed by atoms with van der Waals surface area (Å²) in [4.78, 5) is 14.4. The highest BCUT2D eigenvalue weighted by Crippen LogP contribution is 2.38. The van der Waals surface area contributed by atoms with Gasteiger partial charge >= 0.3 is 0 Å². The average Bonchev–Trinajstić information content (AvgIpc) is 2.85. The van der Waals surface area contributed by atoms with Gasteiger partial charge in [-0.1, -0.05) is 22.0 Å². The van der Waals surface area contributed by atoms with Crippen LogP contribution in [0.4, 0.5) is 0 Å². The Hall–Kier alpha value is -1.66. The molecule has 0 atom stereocenters. The molecular weight excluding hydrogens is 334 g/mol. The number of nitrogens with zero attached hydrogens (tertiary/aromatic N) is 3. The van der Waals surface area contributed by atoms with Crippen LogP contribution >= 0.6 is 15.9 Å². The third-order valence-corrected chi connectivity index (χ3v) is 4.73. The summed E-state index contributed by atoms with van der Waals surface area (Å²) in [5.41, 5.74) is 1.37. The van der Waals surface area contributed by atoms with Crippen molar-refractivity contribution in [3.05, 3.63) is 46.7 Å². The number of benzene rings is 1. The van der Waals surface area contributed by atoms with Crippen molar-refractivity contribution in [1.29, 1.82) is 0 Å². The van der Waals surface area contributed by atoms with E-state index in [9.17, 15) is 4.79 Å². The molecule has 4 rings (SSSR count). The molecule has 2 saturated heterocycles. The van der Waals surface area contributed by atoms with Crippen molar-refractivity contribution < 1.29 is 9.53 Å². The lowest BCUT2D eigenvalue weighted by molar-refractivity contribution is -0.172. The molecule has 2 aliphatic heterocycles. The van der Waals surface area contributed by atoms with E-state index in [1.807, 2.05) is 35.4 Å². The highest BCUT2D eigenvalue weighted by atomic mass is 79.9. The van der Waals surface area contributed by atoms with Crippen molar-refractivity contribution in [2.24, 2.45) is 0 Å². The fourth-order valence-corrected chi connectivity index (χ4v) is 3.22. The number of carbonyl (C=O) groups is 1. The molecule has 1 aromatic heterocycles. The Kier molecular flexibility index (Phi) is 2.90.